The van der Waals surface area contributed by atoms with Crippen LogP contribution in [0, 0.1) is 0 Å². The van der Waals surface area contributed by atoms with Gasteiger partial charge in [-0.25, -0.2) is 9.97 Å². The summed E-state index contributed by atoms with van der Waals surface area (Å²) in [7, 11) is 0. The second-order valence-electron chi connectivity index (χ2n) is 5.74. The van der Waals surface area contributed by atoms with Crippen LogP contribution >= 0.6 is 22.9 Å². The molecule has 6 heteroatoms. The number of halogens is 1. The van der Waals surface area contributed by atoms with Gasteiger partial charge in [-0.2, -0.15) is 0 Å². The number of benzene rings is 2. The first-order valence-electron chi connectivity index (χ1n) is 8.04. The second kappa shape index (κ2) is 7.23. The van der Waals surface area contributed by atoms with Crippen LogP contribution in [-0.2, 0) is 6.42 Å². The largest absolute Gasteiger partial charge is 0.322 e. The summed E-state index contributed by atoms with van der Waals surface area (Å²) in [5.74, 6) is -0.276. The molecule has 0 atom stereocenters. The molecule has 0 saturated heterocycles. The van der Waals surface area contributed by atoms with Crippen molar-refractivity contribution in [3.05, 3.63) is 88.1 Å². The van der Waals surface area contributed by atoms with E-state index < -0.39 is 0 Å². The number of rotatable bonds is 4. The number of anilines is 1. The molecule has 0 radical (unpaired) electrons. The number of fused-ring (bicyclic) bond motifs is 1. The summed E-state index contributed by atoms with van der Waals surface area (Å²) in [6.07, 6.45) is 2.32. The number of hydrogen-bond acceptors (Lipinski definition) is 4. The monoisotopic (exact) mass is 379 g/mol. The fraction of sp³-hybridized carbons (Fsp3) is 0.0500. The van der Waals surface area contributed by atoms with E-state index in [0.717, 1.165) is 22.5 Å². The average molecular weight is 380 g/mol. The Morgan fingerprint density at radius 2 is 1.85 bits per heavy atom. The molecule has 2 aromatic carbocycles. The van der Waals surface area contributed by atoms with Crippen LogP contribution in [0.3, 0.4) is 0 Å². The molecule has 0 aliphatic heterocycles. The van der Waals surface area contributed by atoms with E-state index in [2.05, 4.69) is 21.4 Å². The number of nitrogens with one attached hydrogen (secondary N) is 1. The van der Waals surface area contributed by atoms with Gasteiger partial charge in [0.05, 0.1) is 20.8 Å². The molecule has 0 aliphatic carbocycles. The third-order valence-corrected chi connectivity index (χ3v) is 5.25. The van der Waals surface area contributed by atoms with Crippen molar-refractivity contribution in [1.29, 1.82) is 0 Å². The molecule has 1 N–H and O–H groups in total. The summed E-state index contributed by atoms with van der Waals surface area (Å²) in [4.78, 5) is 20.8. The zero-order valence-electron chi connectivity index (χ0n) is 13.6. The van der Waals surface area contributed by atoms with Gasteiger partial charge in [-0.3, -0.25) is 4.79 Å². The predicted octanol–water partition coefficient (Wildman–Crippen LogP) is 5.19. The van der Waals surface area contributed by atoms with Crippen molar-refractivity contribution in [2.75, 3.05) is 5.32 Å². The van der Waals surface area contributed by atoms with E-state index in [9.17, 15) is 4.79 Å². The fourth-order valence-corrected chi connectivity index (χ4v) is 3.84. The predicted molar refractivity (Wildman–Crippen MR) is 106 cm³/mol. The van der Waals surface area contributed by atoms with Crippen LogP contribution in [0.4, 0.5) is 5.69 Å². The Morgan fingerprint density at radius 3 is 2.62 bits per heavy atom. The van der Waals surface area contributed by atoms with Crippen LogP contribution < -0.4 is 5.32 Å². The molecular weight excluding hydrogens is 366 g/mol. The first kappa shape index (κ1) is 16.7. The summed E-state index contributed by atoms with van der Waals surface area (Å²) in [6.45, 7) is 0. The van der Waals surface area contributed by atoms with E-state index in [-0.39, 0.29) is 11.1 Å². The molecule has 0 aliphatic rings. The van der Waals surface area contributed by atoms with E-state index in [0.29, 0.717) is 11.3 Å². The van der Waals surface area contributed by atoms with E-state index in [1.165, 1.54) is 4.70 Å². The lowest BCUT2D eigenvalue weighted by molar-refractivity contribution is 0.102. The van der Waals surface area contributed by atoms with Crippen LogP contribution in [0.5, 0.6) is 0 Å². The van der Waals surface area contributed by atoms with E-state index in [1.54, 1.807) is 29.7 Å². The van der Waals surface area contributed by atoms with Gasteiger partial charge in [-0.05, 0) is 42.0 Å². The molecule has 1 amide bonds. The number of nitrogens with zero attached hydrogens (tertiary/aromatic N) is 2. The molecule has 0 unspecified atom stereocenters. The van der Waals surface area contributed by atoms with Crippen molar-refractivity contribution in [2.45, 2.75) is 6.42 Å². The summed E-state index contributed by atoms with van der Waals surface area (Å²) in [5, 5.41) is 4.10. The normalized spacial score (nSPS) is 10.8. The molecule has 0 spiro atoms. The minimum absolute atomic E-state index is 0.192. The van der Waals surface area contributed by atoms with Crippen molar-refractivity contribution in [3.63, 3.8) is 0 Å². The summed E-state index contributed by atoms with van der Waals surface area (Å²) >= 11 is 7.66. The summed E-state index contributed by atoms with van der Waals surface area (Å²) in [5.41, 5.74) is 3.24. The average Bonchev–Trinajstić information content (AvgIpc) is 3.06. The van der Waals surface area contributed by atoms with Crippen molar-refractivity contribution in [1.82, 2.24) is 9.97 Å². The van der Waals surface area contributed by atoms with E-state index in [4.69, 9.17) is 11.6 Å². The van der Waals surface area contributed by atoms with Gasteiger partial charge in [-0.15, -0.1) is 11.3 Å². The Balaban J connectivity index is 1.46. The lowest BCUT2D eigenvalue weighted by atomic mass is 10.1. The van der Waals surface area contributed by atoms with Gasteiger partial charge in [0.2, 0.25) is 0 Å². The van der Waals surface area contributed by atoms with Gasteiger partial charge in [-0.1, -0.05) is 35.9 Å². The minimum atomic E-state index is -0.276. The lowest BCUT2D eigenvalue weighted by Crippen LogP contribution is -2.12. The maximum Gasteiger partial charge on any atom is 0.258 e. The van der Waals surface area contributed by atoms with Crippen LogP contribution in [-0.4, -0.2) is 15.9 Å². The molecule has 4 rings (SSSR count). The Kier molecular flexibility index (Phi) is 4.65. The maximum atomic E-state index is 12.3. The summed E-state index contributed by atoms with van der Waals surface area (Å²) < 4.78 is 1.19. The Hall–Kier alpha value is -2.76. The highest BCUT2D eigenvalue weighted by Crippen LogP contribution is 2.24. The molecule has 4 aromatic rings. The number of pyridine rings is 1. The highest BCUT2D eigenvalue weighted by molar-refractivity contribution is 7.18. The van der Waals surface area contributed by atoms with Crippen LogP contribution in [0.2, 0.25) is 5.15 Å². The SMILES string of the molecule is O=C(Nc1ccc(Cc2nc3ccccc3s2)cc1)c1cccnc1Cl. The molecule has 0 bridgehead atoms. The standard InChI is InChI=1S/C20H14ClN3OS/c21-19-15(4-3-11-22-19)20(25)23-14-9-7-13(8-10-14)12-18-24-16-5-1-2-6-17(16)26-18/h1-11H,12H2,(H,23,25). The topological polar surface area (TPSA) is 54.9 Å². The molecule has 4 nitrogen and oxygen atoms in total. The number of aromatic nitrogens is 2. The number of thiazole rings is 1. The molecule has 2 aromatic heterocycles. The molecule has 26 heavy (non-hydrogen) atoms. The van der Waals surface area contributed by atoms with E-state index >= 15 is 0 Å². The van der Waals surface area contributed by atoms with Crippen LogP contribution in [0.1, 0.15) is 20.9 Å². The quantitative estimate of drug-likeness (QED) is 0.496. The third kappa shape index (κ3) is 3.59. The lowest BCUT2D eigenvalue weighted by Gasteiger charge is -2.07. The third-order valence-electron chi connectivity index (χ3n) is 3.91. The van der Waals surface area contributed by atoms with Gasteiger partial charge in [0, 0.05) is 18.3 Å². The van der Waals surface area contributed by atoms with Gasteiger partial charge in [0.25, 0.3) is 5.91 Å². The Morgan fingerprint density at radius 1 is 1.04 bits per heavy atom. The number of para-hydroxylation sites is 1. The van der Waals surface area contributed by atoms with E-state index in [1.807, 2.05) is 42.5 Å². The Labute approximate surface area is 159 Å². The van der Waals surface area contributed by atoms with Gasteiger partial charge in [0.15, 0.2) is 0 Å². The molecular formula is C20H14ClN3OS. The van der Waals surface area contributed by atoms with Crippen molar-refractivity contribution >= 4 is 44.7 Å². The van der Waals surface area contributed by atoms with Gasteiger partial charge >= 0.3 is 0 Å². The van der Waals surface area contributed by atoms with Crippen LogP contribution in [0.15, 0.2) is 66.9 Å². The highest BCUT2D eigenvalue weighted by atomic mass is 35.5. The van der Waals surface area contributed by atoms with Crippen molar-refractivity contribution in [2.24, 2.45) is 0 Å². The maximum absolute atomic E-state index is 12.3. The van der Waals surface area contributed by atoms with Crippen molar-refractivity contribution < 1.29 is 4.79 Å². The summed E-state index contributed by atoms with van der Waals surface area (Å²) in [6, 6.07) is 19.2. The van der Waals surface area contributed by atoms with Crippen molar-refractivity contribution in [3.8, 4) is 0 Å². The molecule has 0 saturated carbocycles. The molecule has 128 valence electrons. The highest BCUT2D eigenvalue weighted by Gasteiger charge is 2.11. The number of carbonyl (C=O) groups is 1. The number of hydrogen-bond donors (Lipinski definition) is 1. The number of amides is 1. The van der Waals surface area contributed by atoms with Gasteiger partial charge in [0.1, 0.15) is 5.15 Å². The number of carbonyl (C=O) groups excluding carboxylic acids is 1. The second-order valence-corrected chi connectivity index (χ2v) is 7.22. The minimum Gasteiger partial charge on any atom is -0.322 e. The first-order valence-corrected chi connectivity index (χ1v) is 9.24. The smallest absolute Gasteiger partial charge is 0.258 e. The first-order chi connectivity index (χ1) is 12.7. The van der Waals surface area contributed by atoms with Gasteiger partial charge < -0.3 is 5.32 Å². The van der Waals surface area contributed by atoms with Crippen LogP contribution in [0.25, 0.3) is 10.2 Å². The zero-order valence-corrected chi connectivity index (χ0v) is 15.2. The molecule has 2 heterocycles. The Bertz CT molecular complexity index is 1040. The zero-order chi connectivity index (χ0) is 17.9. The molecule has 0 fully saturated rings. The fourth-order valence-electron chi connectivity index (χ4n) is 2.63.